The van der Waals surface area contributed by atoms with Crippen molar-refractivity contribution in [3.63, 3.8) is 0 Å². The molecule has 0 aliphatic carbocycles. The number of likely N-dealkylation sites (tertiary alicyclic amines) is 1. The molecule has 1 heterocycles. The van der Waals surface area contributed by atoms with Crippen LogP contribution in [-0.2, 0) is 6.42 Å². The lowest BCUT2D eigenvalue weighted by Crippen LogP contribution is -2.36. The first-order valence-corrected chi connectivity index (χ1v) is 8.45. The van der Waals surface area contributed by atoms with Gasteiger partial charge < -0.3 is 15.1 Å². The second kappa shape index (κ2) is 7.62. The van der Waals surface area contributed by atoms with Gasteiger partial charge in [0.05, 0.1) is 6.10 Å². The van der Waals surface area contributed by atoms with Gasteiger partial charge in [0.15, 0.2) is 0 Å². The molecule has 3 nitrogen and oxygen atoms in total. The van der Waals surface area contributed by atoms with Crippen molar-refractivity contribution in [1.29, 1.82) is 0 Å². The largest absolute Gasteiger partial charge is 0.508 e. The monoisotopic (exact) mass is 311 g/mol. The first kappa shape index (κ1) is 16.0. The molecule has 2 aromatic rings. The lowest BCUT2D eigenvalue weighted by molar-refractivity contribution is 0.0592. The zero-order valence-electron chi connectivity index (χ0n) is 13.4. The van der Waals surface area contributed by atoms with Gasteiger partial charge in [-0.05, 0) is 61.5 Å². The van der Waals surface area contributed by atoms with Crippen molar-refractivity contribution in [2.75, 3.05) is 19.6 Å². The molecule has 1 unspecified atom stereocenters. The van der Waals surface area contributed by atoms with Gasteiger partial charge >= 0.3 is 0 Å². The molecule has 2 aromatic carbocycles. The maximum atomic E-state index is 10.5. The smallest absolute Gasteiger partial charge is 0.115 e. The Balaban J connectivity index is 1.47. The summed E-state index contributed by atoms with van der Waals surface area (Å²) in [6.07, 6.45) is 2.71. The molecule has 3 heteroatoms. The van der Waals surface area contributed by atoms with Crippen LogP contribution in [0.4, 0.5) is 0 Å². The highest BCUT2D eigenvalue weighted by Crippen LogP contribution is 2.31. The minimum atomic E-state index is -0.424. The van der Waals surface area contributed by atoms with Crippen LogP contribution in [0.2, 0.25) is 0 Å². The van der Waals surface area contributed by atoms with E-state index in [1.54, 1.807) is 12.1 Å². The highest BCUT2D eigenvalue weighted by atomic mass is 16.3. The lowest BCUT2D eigenvalue weighted by atomic mass is 9.87. The Hall–Kier alpha value is -1.84. The Morgan fingerprint density at radius 1 is 0.957 bits per heavy atom. The van der Waals surface area contributed by atoms with Gasteiger partial charge in [0.2, 0.25) is 0 Å². The number of phenolic OH excluding ortho intramolecular Hbond substituents is 1. The molecule has 0 saturated carbocycles. The van der Waals surface area contributed by atoms with Crippen molar-refractivity contribution in [3.05, 3.63) is 65.7 Å². The summed E-state index contributed by atoms with van der Waals surface area (Å²) in [5.74, 6) is 0.559. The van der Waals surface area contributed by atoms with Crippen molar-refractivity contribution in [3.8, 4) is 5.75 Å². The number of rotatable bonds is 5. The fourth-order valence-electron chi connectivity index (χ4n) is 3.37. The maximum Gasteiger partial charge on any atom is 0.115 e. The predicted octanol–water partition coefficient (Wildman–Crippen LogP) is 3.38. The fraction of sp³-hybridized carbons (Fsp3) is 0.400. The SMILES string of the molecule is Oc1ccc(C(O)C2CCN(CCc3ccccc3)CC2)cc1. The van der Waals surface area contributed by atoms with E-state index in [9.17, 15) is 10.2 Å². The number of piperidine rings is 1. The molecule has 0 bridgehead atoms. The number of aromatic hydroxyl groups is 1. The third kappa shape index (κ3) is 4.34. The Morgan fingerprint density at radius 3 is 2.26 bits per heavy atom. The summed E-state index contributed by atoms with van der Waals surface area (Å²) in [5, 5.41) is 19.9. The lowest BCUT2D eigenvalue weighted by Gasteiger charge is -2.34. The highest BCUT2D eigenvalue weighted by Gasteiger charge is 2.26. The van der Waals surface area contributed by atoms with Gasteiger partial charge in [-0.1, -0.05) is 42.5 Å². The summed E-state index contributed by atoms with van der Waals surface area (Å²) in [5.41, 5.74) is 2.30. The minimum Gasteiger partial charge on any atom is -0.508 e. The predicted molar refractivity (Wildman–Crippen MR) is 92.4 cm³/mol. The zero-order valence-corrected chi connectivity index (χ0v) is 13.4. The highest BCUT2D eigenvalue weighted by molar-refractivity contribution is 5.27. The van der Waals surface area contributed by atoms with Crippen LogP contribution in [0.5, 0.6) is 5.75 Å². The second-order valence-electron chi connectivity index (χ2n) is 6.45. The van der Waals surface area contributed by atoms with Crippen LogP contribution in [0.25, 0.3) is 0 Å². The number of phenols is 1. The summed E-state index contributed by atoms with van der Waals surface area (Å²) >= 11 is 0. The third-order valence-electron chi connectivity index (χ3n) is 4.87. The average molecular weight is 311 g/mol. The summed E-state index contributed by atoms with van der Waals surface area (Å²) < 4.78 is 0. The molecule has 2 N–H and O–H groups in total. The standard InChI is InChI=1S/C20H25NO2/c22-19-8-6-17(7-9-19)20(23)18-11-14-21(15-12-18)13-10-16-4-2-1-3-5-16/h1-9,18,20,22-23H,10-15H2. The zero-order chi connectivity index (χ0) is 16.1. The molecule has 3 rings (SSSR count). The number of hydrogen-bond acceptors (Lipinski definition) is 3. The van der Waals surface area contributed by atoms with Crippen molar-refractivity contribution >= 4 is 0 Å². The summed E-state index contributed by atoms with van der Waals surface area (Å²) in [6, 6.07) is 17.5. The molecule has 0 aromatic heterocycles. The quantitative estimate of drug-likeness (QED) is 0.889. The first-order valence-electron chi connectivity index (χ1n) is 8.45. The van der Waals surface area contributed by atoms with E-state index in [4.69, 9.17) is 0 Å². The normalized spacial score (nSPS) is 18.0. The molecule has 1 saturated heterocycles. The topological polar surface area (TPSA) is 43.7 Å². The number of benzene rings is 2. The maximum absolute atomic E-state index is 10.5. The Bertz CT molecular complexity index is 589. The van der Waals surface area contributed by atoms with E-state index in [-0.39, 0.29) is 5.75 Å². The molecular weight excluding hydrogens is 286 g/mol. The molecule has 122 valence electrons. The molecule has 0 radical (unpaired) electrons. The summed E-state index contributed by atoms with van der Waals surface area (Å²) in [7, 11) is 0. The van der Waals surface area contributed by atoms with Crippen LogP contribution < -0.4 is 0 Å². The Labute approximate surface area is 138 Å². The summed E-state index contributed by atoms with van der Waals surface area (Å²) in [6.45, 7) is 3.19. The number of nitrogens with zero attached hydrogens (tertiary/aromatic N) is 1. The van der Waals surface area contributed by atoms with Crippen LogP contribution >= 0.6 is 0 Å². The molecule has 23 heavy (non-hydrogen) atoms. The Morgan fingerprint density at radius 2 is 1.61 bits per heavy atom. The Kier molecular flexibility index (Phi) is 5.31. The van der Waals surface area contributed by atoms with Crippen LogP contribution in [-0.4, -0.2) is 34.7 Å². The number of hydrogen-bond donors (Lipinski definition) is 2. The molecule has 1 aliphatic rings. The fourth-order valence-corrected chi connectivity index (χ4v) is 3.37. The molecule has 1 atom stereocenters. The van der Waals surface area contributed by atoms with E-state index in [0.717, 1.165) is 44.5 Å². The van der Waals surface area contributed by atoms with Crippen molar-refractivity contribution in [2.24, 2.45) is 5.92 Å². The third-order valence-corrected chi connectivity index (χ3v) is 4.87. The van der Waals surface area contributed by atoms with E-state index < -0.39 is 6.10 Å². The first-order chi connectivity index (χ1) is 11.2. The van der Waals surface area contributed by atoms with Crippen molar-refractivity contribution < 1.29 is 10.2 Å². The van der Waals surface area contributed by atoms with Gasteiger partial charge in [-0.25, -0.2) is 0 Å². The van der Waals surface area contributed by atoms with Crippen molar-refractivity contribution in [2.45, 2.75) is 25.4 Å². The van der Waals surface area contributed by atoms with Crippen LogP contribution in [0.15, 0.2) is 54.6 Å². The van der Waals surface area contributed by atoms with Gasteiger partial charge in [-0.15, -0.1) is 0 Å². The van der Waals surface area contributed by atoms with Crippen LogP contribution in [0.3, 0.4) is 0 Å². The molecular formula is C20H25NO2. The van der Waals surface area contributed by atoms with Gasteiger partial charge in [0, 0.05) is 6.54 Å². The van der Waals surface area contributed by atoms with Crippen LogP contribution in [0, 0.1) is 5.92 Å². The van der Waals surface area contributed by atoms with E-state index >= 15 is 0 Å². The van der Waals surface area contributed by atoms with Crippen LogP contribution in [0.1, 0.15) is 30.1 Å². The molecule has 1 aliphatic heterocycles. The average Bonchev–Trinajstić information content (AvgIpc) is 2.61. The van der Waals surface area contributed by atoms with Gasteiger partial charge in [-0.2, -0.15) is 0 Å². The van der Waals surface area contributed by atoms with E-state index in [1.165, 1.54) is 5.56 Å². The van der Waals surface area contributed by atoms with Gasteiger partial charge in [0.25, 0.3) is 0 Å². The molecule has 0 spiro atoms. The van der Waals surface area contributed by atoms with E-state index in [1.807, 2.05) is 12.1 Å². The minimum absolute atomic E-state index is 0.247. The number of aliphatic hydroxyl groups excluding tert-OH is 1. The van der Waals surface area contributed by atoms with Gasteiger partial charge in [-0.3, -0.25) is 0 Å². The summed E-state index contributed by atoms with van der Waals surface area (Å²) in [4.78, 5) is 2.49. The molecule has 1 fully saturated rings. The van der Waals surface area contributed by atoms with Crippen molar-refractivity contribution in [1.82, 2.24) is 4.90 Å². The number of aliphatic hydroxyl groups is 1. The van der Waals surface area contributed by atoms with E-state index in [2.05, 4.69) is 35.2 Å². The van der Waals surface area contributed by atoms with E-state index in [0.29, 0.717) is 5.92 Å². The van der Waals surface area contributed by atoms with Gasteiger partial charge in [0.1, 0.15) is 5.75 Å². The molecule has 0 amide bonds. The second-order valence-corrected chi connectivity index (χ2v) is 6.45.